The number of hydrogen-bond acceptors (Lipinski definition) is 4. The van der Waals surface area contributed by atoms with E-state index in [9.17, 15) is 13.2 Å². The lowest BCUT2D eigenvalue weighted by molar-refractivity contribution is 0.0620. The highest BCUT2D eigenvalue weighted by molar-refractivity contribution is 7.92. The van der Waals surface area contributed by atoms with Crippen LogP contribution in [0.3, 0.4) is 0 Å². The smallest absolute Gasteiger partial charge is 0.253 e. The van der Waals surface area contributed by atoms with Crippen LogP contribution in [0.1, 0.15) is 42.2 Å². The molecule has 2 aromatic carbocycles. The highest BCUT2D eigenvalue weighted by Crippen LogP contribution is 2.39. The predicted octanol–water partition coefficient (Wildman–Crippen LogP) is 3.74. The minimum absolute atomic E-state index is 0.167. The third-order valence-corrected chi connectivity index (χ3v) is 5.12. The van der Waals surface area contributed by atoms with E-state index in [0.29, 0.717) is 12.1 Å². The van der Waals surface area contributed by atoms with Crippen LogP contribution in [0.2, 0.25) is 5.02 Å². The Bertz CT molecular complexity index is 989. The molecule has 1 aliphatic rings. The Morgan fingerprint density at radius 3 is 2.59 bits per heavy atom. The Balaban J connectivity index is 1.83. The molecule has 0 saturated heterocycles. The van der Waals surface area contributed by atoms with Crippen LogP contribution in [0.25, 0.3) is 0 Å². The number of ether oxygens (including phenoxy) is 1. The summed E-state index contributed by atoms with van der Waals surface area (Å²) in [5, 5.41) is 3.18. The summed E-state index contributed by atoms with van der Waals surface area (Å²) < 4.78 is 31.0. The summed E-state index contributed by atoms with van der Waals surface area (Å²) in [6.45, 7) is 3.95. The fraction of sp³-hybridized carbons (Fsp3) is 0.316. The number of sulfonamides is 1. The summed E-state index contributed by atoms with van der Waals surface area (Å²) in [6.07, 6.45) is 1.66. The van der Waals surface area contributed by atoms with Gasteiger partial charge in [0.25, 0.3) is 5.91 Å². The normalized spacial score (nSPS) is 18.1. The number of carbonyl (C=O) groups is 1. The zero-order valence-corrected chi connectivity index (χ0v) is 16.8. The van der Waals surface area contributed by atoms with Crippen molar-refractivity contribution < 1.29 is 17.9 Å². The quantitative estimate of drug-likeness (QED) is 0.806. The number of anilines is 1. The van der Waals surface area contributed by atoms with Gasteiger partial charge in [-0.3, -0.25) is 9.52 Å². The van der Waals surface area contributed by atoms with Gasteiger partial charge in [0, 0.05) is 17.7 Å². The Morgan fingerprint density at radius 2 is 1.93 bits per heavy atom. The second kappa shape index (κ2) is 7.05. The molecule has 1 heterocycles. The highest BCUT2D eigenvalue weighted by Gasteiger charge is 2.34. The third kappa shape index (κ3) is 4.73. The SMILES string of the molecule is CC1(C)C[C@H](NC(=O)c2ccc(NS(C)(=O)=O)cc2Cl)c2ccccc2O1. The molecule has 0 radical (unpaired) electrons. The van der Waals surface area contributed by atoms with Crippen molar-refractivity contribution >= 4 is 33.2 Å². The first-order valence-corrected chi connectivity index (χ1v) is 10.7. The van der Waals surface area contributed by atoms with Crippen molar-refractivity contribution in [2.45, 2.75) is 31.9 Å². The van der Waals surface area contributed by atoms with Gasteiger partial charge in [0.15, 0.2) is 0 Å². The molecule has 1 aliphatic heterocycles. The van der Waals surface area contributed by atoms with Crippen molar-refractivity contribution in [1.29, 1.82) is 0 Å². The largest absolute Gasteiger partial charge is 0.487 e. The van der Waals surface area contributed by atoms with Crippen LogP contribution in [0.4, 0.5) is 5.69 Å². The first kappa shape index (κ1) is 19.5. The van der Waals surface area contributed by atoms with E-state index in [1.807, 2.05) is 38.1 Å². The van der Waals surface area contributed by atoms with Crippen LogP contribution >= 0.6 is 11.6 Å². The number of fused-ring (bicyclic) bond motifs is 1. The molecule has 1 amide bonds. The van der Waals surface area contributed by atoms with Crippen molar-refractivity contribution in [2.75, 3.05) is 11.0 Å². The number of hydrogen-bond donors (Lipinski definition) is 2. The van der Waals surface area contributed by atoms with E-state index in [-0.39, 0.29) is 22.5 Å². The molecule has 2 aromatic rings. The lowest BCUT2D eigenvalue weighted by atomic mass is 9.89. The summed E-state index contributed by atoms with van der Waals surface area (Å²) in [6, 6.07) is 11.8. The van der Waals surface area contributed by atoms with E-state index in [1.165, 1.54) is 18.2 Å². The molecule has 0 unspecified atom stereocenters. The average molecular weight is 409 g/mol. The number of para-hydroxylation sites is 1. The van der Waals surface area contributed by atoms with Gasteiger partial charge < -0.3 is 10.1 Å². The van der Waals surface area contributed by atoms with Crippen LogP contribution in [0, 0.1) is 0 Å². The average Bonchev–Trinajstić information content (AvgIpc) is 2.52. The zero-order chi connectivity index (χ0) is 19.8. The van der Waals surface area contributed by atoms with Gasteiger partial charge in [-0.05, 0) is 38.1 Å². The maximum absolute atomic E-state index is 12.8. The van der Waals surface area contributed by atoms with E-state index >= 15 is 0 Å². The standard InChI is InChI=1S/C19H21ClN2O4S/c1-19(2)11-16(14-6-4-5-7-17(14)26-19)21-18(23)13-9-8-12(10-15(13)20)22-27(3,24)25/h4-10,16,22H,11H2,1-3H3,(H,21,23)/t16-/m0/s1. The summed E-state index contributed by atoms with van der Waals surface area (Å²) in [5.74, 6) is 0.418. The molecular weight excluding hydrogens is 388 g/mol. The van der Waals surface area contributed by atoms with Gasteiger partial charge >= 0.3 is 0 Å². The van der Waals surface area contributed by atoms with E-state index < -0.39 is 15.6 Å². The van der Waals surface area contributed by atoms with E-state index in [0.717, 1.165) is 17.6 Å². The van der Waals surface area contributed by atoms with E-state index in [2.05, 4.69) is 10.0 Å². The molecule has 0 aliphatic carbocycles. The molecule has 6 nitrogen and oxygen atoms in total. The Kier molecular flexibility index (Phi) is 5.10. The Morgan fingerprint density at radius 1 is 1.22 bits per heavy atom. The predicted molar refractivity (Wildman–Crippen MR) is 106 cm³/mol. The van der Waals surface area contributed by atoms with Crippen LogP contribution < -0.4 is 14.8 Å². The zero-order valence-electron chi connectivity index (χ0n) is 15.2. The number of rotatable bonds is 4. The molecule has 8 heteroatoms. The number of halogens is 1. The first-order valence-electron chi connectivity index (χ1n) is 8.40. The molecule has 0 bridgehead atoms. The maximum Gasteiger partial charge on any atom is 0.253 e. The van der Waals surface area contributed by atoms with Gasteiger partial charge in [-0.1, -0.05) is 29.8 Å². The molecular formula is C19H21ClN2O4S. The van der Waals surface area contributed by atoms with Crippen molar-refractivity contribution in [2.24, 2.45) is 0 Å². The minimum Gasteiger partial charge on any atom is -0.487 e. The van der Waals surface area contributed by atoms with Crippen LogP contribution in [-0.2, 0) is 10.0 Å². The highest BCUT2D eigenvalue weighted by atomic mass is 35.5. The molecule has 1 atom stereocenters. The summed E-state index contributed by atoms with van der Waals surface area (Å²) in [5.41, 5.74) is 1.07. The van der Waals surface area contributed by atoms with Crippen LogP contribution in [0.5, 0.6) is 5.75 Å². The molecule has 0 spiro atoms. The number of carbonyl (C=O) groups excluding carboxylic acids is 1. The van der Waals surface area contributed by atoms with Gasteiger partial charge in [0.05, 0.1) is 22.9 Å². The first-order chi connectivity index (χ1) is 12.5. The van der Waals surface area contributed by atoms with Gasteiger partial charge in [0.2, 0.25) is 10.0 Å². The van der Waals surface area contributed by atoms with Gasteiger partial charge in [0.1, 0.15) is 11.4 Å². The topological polar surface area (TPSA) is 84.5 Å². The van der Waals surface area contributed by atoms with Crippen molar-refractivity contribution in [1.82, 2.24) is 5.32 Å². The van der Waals surface area contributed by atoms with Gasteiger partial charge in [-0.25, -0.2) is 8.42 Å². The Labute approximate surface area is 163 Å². The molecule has 144 valence electrons. The number of amides is 1. The summed E-state index contributed by atoms with van der Waals surface area (Å²) >= 11 is 6.21. The van der Waals surface area contributed by atoms with Crippen LogP contribution in [0.15, 0.2) is 42.5 Å². The second-order valence-electron chi connectivity index (χ2n) is 7.20. The van der Waals surface area contributed by atoms with Gasteiger partial charge in [-0.15, -0.1) is 0 Å². The van der Waals surface area contributed by atoms with Crippen LogP contribution in [-0.4, -0.2) is 26.2 Å². The van der Waals surface area contributed by atoms with Crippen molar-refractivity contribution in [3.63, 3.8) is 0 Å². The number of benzene rings is 2. The molecule has 2 N–H and O–H groups in total. The lowest BCUT2D eigenvalue weighted by Crippen LogP contribution is -2.41. The molecule has 27 heavy (non-hydrogen) atoms. The van der Waals surface area contributed by atoms with Crippen molar-refractivity contribution in [3.05, 3.63) is 58.6 Å². The molecule has 0 saturated carbocycles. The monoisotopic (exact) mass is 408 g/mol. The molecule has 3 rings (SSSR count). The fourth-order valence-corrected chi connectivity index (χ4v) is 3.97. The van der Waals surface area contributed by atoms with E-state index in [1.54, 1.807) is 0 Å². The second-order valence-corrected chi connectivity index (χ2v) is 9.35. The number of nitrogens with one attached hydrogen (secondary N) is 2. The third-order valence-electron chi connectivity index (χ3n) is 4.20. The summed E-state index contributed by atoms with van der Waals surface area (Å²) in [7, 11) is -3.42. The minimum atomic E-state index is -3.42. The molecule has 0 fully saturated rings. The maximum atomic E-state index is 12.8. The van der Waals surface area contributed by atoms with Crippen molar-refractivity contribution in [3.8, 4) is 5.75 Å². The summed E-state index contributed by atoms with van der Waals surface area (Å²) in [4.78, 5) is 12.8. The molecule has 0 aromatic heterocycles. The van der Waals surface area contributed by atoms with E-state index in [4.69, 9.17) is 16.3 Å². The lowest BCUT2D eigenvalue weighted by Gasteiger charge is -2.37. The van der Waals surface area contributed by atoms with Gasteiger partial charge in [-0.2, -0.15) is 0 Å². The Hall–Kier alpha value is -2.25. The fourth-order valence-electron chi connectivity index (χ4n) is 3.14.